The summed E-state index contributed by atoms with van der Waals surface area (Å²) in [6, 6.07) is 5.15. The molecule has 2 rings (SSSR count). The van der Waals surface area contributed by atoms with Crippen molar-refractivity contribution in [3.63, 3.8) is 0 Å². The van der Waals surface area contributed by atoms with Crippen molar-refractivity contribution in [3.8, 4) is 5.75 Å². The maximum absolute atomic E-state index is 12.7. The molecule has 0 aliphatic carbocycles. The Balaban J connectivity index is 2.46. The van der Waals surface area contributed by atoms with Crippen LogP contribution < -0.4 is 15.4 Å². The quantitative estimate of drug-likeness (QED) is 0.900. The predicted octanol–water partition coefficient (Wildman–Crippen LogP) is 2.46. The van der Waals surface area contributed by atoms with Crippen LogP contribution in [-0.4, -0.2) is 33.9 Å². The molecule has 24 heavy (non-hydrogen) atoms. The SMILES string of the molecule is CN(C)c1ncc(N)cc1S(=O)(=O)c1ccc(OC(F)(F)F)cc1. The number of nitrogens with zero attached hydrogens (tertiary/aromatic N) is 2. The van der Waals surface area contributed by atoms with E-state index in [-0.39, 0.29) is 21.3 Å². The summed E-state index contributed by atoms with van der Waals surface area (Å²) in [4.78, 5) is 5.13. The van der Waals surface area contributed by atoms with Gasteiger partial charge in [-0.05, 0) is 30.3 Å². The first-order chi connectivity index (χ1) is 11.0. The summed E-state index contributed by atoms with van der Waals surface area (Å²) < 4.78 is 65.6. The highest BCUT2D eigenvalue weighted by atomic mass is 32.2. The molecule has 0 saturated heterocycles. The molecule has 0 atom stereocenters. The third kappa shape index (κ3) is 3.88. The van der Waals surface area contributed by atoms with Crippen molar-refractivity contribution >= 4 is 21.3 Å². The van der Waals surface area contributed by atoms with Crippen molar-refractivity contribution in [2.75, 3.05) is 24.7 Å². The number of nitrogen functional groups attached to an aromatic ring is 1. The van der Waals surface area contributed by atoms with Gasteiger partial charge in [-0.3, -0.25) is 0 Å². The van der Waals surface area contributed by atoms with E-state index in [1.165, 1.54) is 17.2 Å². The average molecular weight is 361 g/mol. The number of anilines is 2. The van der Waals surface area contributed by atoms with E-state index in [0.29, 0.717) is 0 Å². The molecule has 0 spiro atoms. The summed E-state index contributed by atoms with van der Waals surface area (Å²) in [5.41, 5.74) is 5.75. The molecule has 0 unspecified atom stereocenters. The Morgan fingerprint density at radius 2 is 1.75 bits per heavy atom. The number of hydrogen-bond donors (Lipinski definition) is 1. The number of sulfone groups is 1. The van der Waals surface area contributed by atoms with E-state index in [0.717, 1.165) is 24.3 Å². The number of pyridine rings is 1. The van der Waals surface area contributed by atoms with E-state index in [1.807, 2.05) is 0 Å². The number of aromatic nitrogens is 1. The molecule has 0 saturated carbocycles. The molecule has 2 aromatic rings. The Kier molecular flexibility index (Phi) is 4.61. The van der Waals surface area contributed by atoms with Gasteiger partial charge in [0, 0.05) is 14.1 Å². The van der Waals surface area contributed by atoms with Crippen LogP contribution in [0.15, 0.2) is 46.3 Å². The number of rotatable bonds is 4. The summed E-state index contributed by atoms with van der Waals surface area (Å²) in [5, 5.41) is 0. The van der Waals surface area contributed by atoms with Crippen LogP contribution in [0.2, 0.25) is 0 Å². The molecule has 1 aromatic heterocycles. The molecular weight excluding hydrogens is 347 g/mol. The number of benzene rings is 1. The highest BCUT2D eigenvalue weighted by molar-refractivity contribution is 7.91. The Morgan fingerprint density at radius 1 is 1.17 bits per heavy atom. The van der Waals surface area contributed by atoms with Crippen LogP contribution in [0.25, 0.3) is 0 Å². The summed E-state index contributed by atoms with van der Waals surface area (Å²) in [6.45, 7) is 0. The minimum atomic E-state index is -4.85. The van der Waals surface area contributed by atoms with Gasteiger partial charge in [-0.2, -0.15) is 0 Å². The van der Waals surface area contributed by atoms with E-state index < -0.39 is 21.9 Å². The second-order valence-electron chi connectivity index (χ2n) is 5.01. The standard InChI is InChI=1S/C14H14F3N3O3S/c1-20(2)13-12(7-9(18)8-19-13)24(21,22)11-5-3-10(4-6-11)23-14(15,16)17/h3-8H,18H2,1-2H3. The lowest BCUT2D eigenvalue weighted by atomic mass is 10.3. The maximum Gasteiger partial charge on any atom is 0.573 e. The summed E-state index contributed by atoms with van der Waals surface area (Å²) in [6.07, 6.45) is -3.54. The fraction of sp³-hybridized carbons (Fsp3) is 0.214. The summed E-state index contributed by atoms with van der Waals surface area (Å²) in [7, 11) is -0.801. The Morgan fingerprint density at radius 3 is 2.25 bits per heavy atom. The van der Waals surface area contributed by atoms with E-state index in [2.05, 4.69) is 9.72 Å². The van der Waals surface area contributed by atoms with E-state index in [4.69, 9.17) is 5.73 Å². The first kappa shape index (κ1) is 17.9. The average Bonchev–Trinajstić information content (AvgIpc) is 2.45. The smallest absolute Gasteiger partial charge is 0.406 e. The molecular formula is C14H14F3N3O3S. The number of ether oxygens (including phenoxy) is 1. The topological polar surface area (TPSA) is 85.5 Å². The number of hydrogen-bond acceptors (Lipinski definition) is 6. The summed E-state index contributed by atoms with van der Waals surface area (Å²) >= 11 is 0. The number of halogens is 3. The largest absolute Gasteiger partial charge is 0.573 e. The fourth-order valence-corrected chi connectivity index (χ4v) is 3.45. The first-order valence-corrected chi connectivity index (χ1v) is 8.03. The maximum atomic E-state index is 12.7. The van der Waals surface area contributed by atoms with Crippen LogP contribution in [0.1, 0.15) is 0 Å². The Labute approximate surface area is 136 Å². The highest BCUT2D eigenvalue weighted by Crippen LogP contribution is 2.31. The van der Waals surface area contributed by atoms with Crippen LogP contribution in [0.4, 0.5) is 24.7 Å². The zero-order chi connectivity index (χ0) is 18.1. The molecule has 0 amide bonds. The lowest BCUT2D eigenvalue weighted by Crippen LogP contribution is -2.17. The van der Waals surface area contributed by atoms with Gasteiger partial charge < -0.3 is 15.4 Å². The van der Waals surface area contributed by atoms with Crippen molar-refractivity contribution in [2.45, 2.75) is 16.2 Å². The van der Waals surface area contributed by atoms with Crippen molar-refractivity contribution in [3.05, 3.63) is 36.5 Å². The van der Waals surface area contributed by atoms with Gasteiger partial charge in [0.15, 0.2) is 0 Å². The molecule has 0 aliphatic heterocycles. The predicted molar refractivity (Wildman–Crippen MR) is 81.6 cm³/mol. The van der Waals surface area contributed by atoms with Crippen LogP contribution >= 0.6 is 0 Å². The highest BCUT2D eigenvalue weighted by Gasteiger charge is 2.31. The van der Waals surface area contributed by atoms with Crippen LogP contribution in [-0.2, 0) is 9.84 Å². The molecule has 0 bridgehead atoms. The van der Waals surface area contributed by atoms with Gasteiger partial charge in [0.2, 0.25) is 9.84 Å². The van der Waals surface area contributed by atoms with Crippen molar-refractivity contribution < 1.29 is 26.3 Å². The van der Waals surface area contributed by atoms with Crippen LogP contribution in [0.3, 0.4) is 0 Å². The van der Waals surface area contributed by atoms with Gasteiger partial charge in [-0.25, -0.2) is 13.4 Å². The normalized spacial score (nSPS) is 12.0. The van der Waals surface area contributed by atoms with Crippen molar-refractivity contribution in [2.24, 2.45) is 0 Å². The monoisotopic (exact) mass is 361 g/mol. The third-order valence-electron chi connectivity index (χ3n) is 2.93. The minimum Gasteiger partial charge on any atom is -0.406 e. The van der Waals surface area contributed by atoms with Crippen molar-refractivity contribution in [1.29, 1.82) is 0 Å². The van der Waals surface area contributed by atoms with Crippen LogP contribution in [0, 0.1) is 0 Å². The summed E-state index contributed by atoms with van der Waals surface area (Å²) in [5.74, 6) is -0.347. The zero-order valence-electron chi connectivity index (χ0n) is 12.7. The molecule has 0 radical (unpaired) electrons. The zero-order valence-corrected chi connectivity index (χ0v) is 13.5. The Hall–Kier alpha value is -2.49. The second kappa shape index (κ2) is 6.19. The van der Waals surface area contributed by atoms with E-state index in [9.17, 15) is 21.6 Å². The van der Waals surface area contributed by atoms with Crippen molar-refractivity contribution in [1.82, 2.24) is 4.98 Å². The van der Waals surface area contributed by atoms with Gasteiger partial charge >= 0.3 is 6.36 Å². The van der Waals surface area contributed by atoms with Gasteiger partial charge in [0.25, 0.3) is 0 Å². The molecule has 2 N–H and O–H groups in total. The first-order valence-electron chi connectivity index (χ1n) is 6.54. The molecule has 1 heterocycles. The molecule has 0 fully saturated rings. The molecule has 10 heteroatoms. The molecule has 1 aromatic carbocycles. The van der Waals surface area contributed by atoms with E-state index in [1.54, 1.807) is 14.1 Å². The Bertz CT molecular complexity index is 835. The lowest BCUT2D eigenvalue weighted by molar-refractivity contribution is -0.274. The van der Waals surface area contributed by atoms with E-state index >= 15 is 0 Å². The minimum absolute atomic E-state index is 0.142. The van der Waals surface area contributed by atoms with Gasteiger partial charge in [-0.1, -0.05) is 0 Å². The van der Waals surface area contributed by atoms with Gasteiger partial charge in [0.05, 0.1) is 16.8 Å². The van der Waals surface area contributed by atoms with Gasteiger partial charge in [-0.15, -0.1) is 13.2 Å². The molecule has 6 nitrogen and oxygen atoms in total. The molecule has 0 aliphatic rings. The lowest BCUT2D eigenvalue weighted by Gasteiger charge is -2.17. The fourth-order valence-electron chi connectivity index (χ4n) is 1.93. The number of nitrogens with two attached hydrogens (primary N) is 1. The molecule has 130 valence electrons. The second-order valence-corrected chi connectivity index (χ2v) is 6.93. The van der Waals surface area contributed by atoms with Crippen LogP contribution in [0.5, 0.6) is 5.75 Å². The third-order valence-corrected chi connectivity index (χ3v) is 4.71. The number of alkyl halides is 3. The van der Waals surface area contributed by atoms with Gasteiger partial charge in [0.1, 0.15) is 16.5 Å².